The van der Waals surface area contributed by atoms with Crippen molar-refractivity contribution in [3.05, 3.63) is 69.7 Å². The first-order chi connectivity index (χ1) is 13.3. The van der Waals surface area contributed by atoms with Crippen LogP contribution in [0.15, 0.2) is 48.5 Å². The topological polar surface area (TPSA) is 46.9 Å². The van der Waals surface area contributed by atoms with E-state index >= 15 is 0 Å². The van der Waals surface area contributed by atoms with E-state index in [1.54, 1.807) is 12.1 Å². The van der Waals surface area contributed by atoms with Gasteiger partial charge in [0.1, 0.15) is 0 Å². The number of halogens is 2. The summed E-state index contributed by atoms with van der Waals surface area (Å²) >= 11 is 12.5. The largest absolute Gasteiger partial charge is 0.387 e. The van der Waals surface area contributed by atoms with E-state index in [2.05, 4.69) is 23.6 Å². The van der Waals surface area contributed by atoms with Crippen LogP contribution in [0, 0.1) is 0 Å². The molecule has 0 aliphatic carbocycles. The molecule has 0 spiro atoms. The van der Waals surface area contributed by atoms with Gasteiger partial charge in [0.25, 0.3) is 0 Å². The molecule has 28 heavy (non-hydrogen) atoms. The predicted molar refractivity (Wildman–Crippen MR) is 115 cm³/mol. The van der Waals surface area contributed by atoms with Gasteiger partial charge in [-0.25, -0.2) is 0 Å². The summed E-state index contributed by atoms with van der Waals surface area (Å²) in [5, 5.41) is 22.5. The number of aliphatic hydroxyl groups is 2. The molecular weight excluding hydrogens is 395 g/mol. The van der Waals surface area contributed by atoms with E-state index < -0.39 is 12.2 Å². The van der Waals surface area contributed by atoms with Crippen molar-refractivity contribution in [1.29, 1.82) is 0 Å². The van der Waals surface area contributed by atoms with E-state index in [9.17, 15) is 10.2 Å². The van der Waals surface area contributed by atoms with Crippen LogP contribution >= 0.6 is 23.2 Å². The highest BCUT2D eigenvalue weighted by molar-refractivity contribution is 6.31. The van der Waals surface area contributed by atoms with Gasteiger partial charge in [0, 0.05) is 59.4 Å². The molecule has 4 nitrogen and oxygen atoms in total. The molecule has 0 saturated carbocycles. The number of aliphatic hydroxyl groups excluding tert-OH is 2. The Morgan fingerprint density at radius 1 is 0.857 bits per heavy atom. The number of benzene rings is 2. The van der Waals surface area contributed by atoms with Crippen molar-refractivity contribution in [2.45, 2.75) is 31.6 Å². The monoisotopic (exact) mass is 422 g/mol. The van der Waals surface area contributed by atoms with Gasteiger partial charge in [-0.05, 0) is 26.0 Å². The fourth-order valence-corrected chi connectivity index (χ4v) is 4.45. The molecule has 1 heterocycles. The lowest BCUT2D eigenvalue weighted by Crippen LogP contribution is -2.60. The number of nitrogens with zero attached hydrogens (tertiary/aromatic N) is 2. The summed E-state index contributed by atoms with van der Waals surface area (Å²) in [5.74, 6) is 0. The molecule has 0 amide bonds. The van der Waals surface area contributed by atoms with Crippen LogP contribution in [0.5, 0.6) is 0 Å². The Morgan fingerprint density at radius 3 is 1.86 bits per heavy atom. The number of hydrogen-bond donors (Lipinski definition) is 2. The Kier molecular flexibility index (Phi) is 7.02. The van der Waals surface area contributed by atoms with Gasteiger partial charge in [-0.2, -0.15) is 0 Å². The van der Waals surface area contributed by atoms with Crippen LogP contribution in [0.4, 0.5) is 0 Å². The summed E-state index contributed by atoms with van der Waals surface area (Å²) in [6.45, 7) is 7.82. The summed E-state index contributed by atoms with van der Waals surface area (Å²) in [4.78, 5) is 4.55. The maximum Gasteiger partial charge on any atom is 0.0931 e. The van der Waals surface area contributed by atoms with Crippen molar-refractivity contribution >= 4 is 23.2 Å². The molecule has 152 valence electrons. The molecule has 1 aliphatic heterocycles. The van der Waals surface area contributed by atoms with E-state index in [-0.39, 0.29) is 5.54 Å². The maximum atomic E-state index is 10.7. The van der Waals surface area contributed by atoms with Crippen molar-refractivity contribution in [2.24, 2.45) is 0 Å². The first-order valence-electron chi connectivity index (χ1n) is 9.60. The predicted octanol–water partition coefficient (Wildman–Crippen LogP) is 4.16. The molecule has 3 rings (SSSR count). The zero-order valence-electron chi connectivity index (χ0n) is 16.4. The zero-order valence-corrected chi connectivity index (χ0v) is 17.9. The number of rotatable bonds is 6. The van der Waals surface area contributed by atoms with Crippen molar-refractivity contribution in [1.82, 2.24) is 9.80 Å². The maximum absolute atomic E-state index is 10.7. The Morgan fingerprint density at radius 2 is 1.36 bits per heavy atom. The molecule has 0 radical (unpaired) electrons. The zero-order chi connectivity index (χ0) is 20.3. The highest BCUT2D eigenvalue weighted by Crippen LogP contribution is 2.29. The van der Waals surface area contributed by atoms with Gasteiger partial charge < -0.3 is 10.2 Å². The van der Waals surface area contributed by atoms with Crippen LogP contribution in [0.3, 0.4) is 0 Å². The number of β-amino-alcohol motifs (C(OH)–C–C–N with tert-alkyl or cyclic N) is 2. The van der Waals surface area contributed by atoms with Crippen LogP contribution in [-0.2, 0) is 0 Å². The van der Waals surface area contributed by atoms with Gasteiger partial charge in [-0.1, -0.05) is 59.6 Å². The third-order valence-electron chi connectivity index (χ3n) is 5.51. The highest BCUT2D eigenvalue weighted by atomic mass is 35.5. The summed E-state index contributed by atoms with van der Waals surface area (Å²) in [6.07, 6.45) is -1.25. The normalized spacial score (nSPS) is 20.1. The second-order valence-corrected chi connectivity index (χ2v) is 8.88. The van der Waals surface area contributed by atoms with E-state index in [1.165, 1.54) is 0 Å². The van der Waals surface area contributed by atoms with Crippen LogP contribution in [0.1, 0.15) is 37.2 Å². The minimum Gasteiger partial charge on any atom is -0.387 e. The van der Waals surface area contributed by atoms with Crippen molar-refractivity contribution in [3.8, 4) is 0 Å². The van der Waals surface area contributed by atoms with Gasteiger partial charge in [-0.3, -0.25) is 9.80 Å². The Bertz CT molecular complexity index is 800. The lowest BCUT2D eigenvalue weighted by molar-refractivity contribution is -0.0233. The fraction of sp³-hybridized carbons (Fsp3) is 0.455. The van der Waals surface area contributed by atoms with Gasteiger partial charge in [0.05, 0.1) is 12.2 Å². The van der Waals surface area contributed by atoms with Crippen molar-refractivity contribution in [3.63, 3.8) is 0 Å². The second-order valence-electron chi connectivity index (χ2n) is 8.07. The number of hydrogen-bond acceptors (Lipinski definition) is 4. The highest BCUT2D eigenvalue weighted by Gasteiger charge is 2.35. The minimum absolute atomic E-state index is 0.138. The van der Waals surface area contributed by atoms with E-state index in [1.807, 2.05) is 36.4 Å². The average Bonchev–Trinajstić information content (AvgIpc) is 2.64. The van der Waals surface area contributed by atoms with Gasteiger partial charge in [0.2, 0.25) is 0 Å². The van der Waals surface area contributed by atoms with E-state index in [0.717, 1.165) is 30.8 Å². The molecule has 2 aromatic carbocycles. The Labute approximate surface area is 177 Å². The Balaban J connectivity index is 1.61. The molecule has 2 aromatic rings. The fourth-order valence-electron chi connectivity index (χ4n) is 3.93. The van der Waals surface area contributed by atoms with Crippen LogP contribution in [0.25, 0.3) is 0 Å². The average molecular weight is 423 g/mol. The summed E-state index contributed by atoms with van der Waals surface area (Å²) in [7, 11) is 0. The van der Waals surface area contributed by atoms with Gasteiger partial charge >= 0.3 is 0 Å². The smallest absolute Gasteiger partial charge is 0.0931 e. The molecule has 1 aliphatic rings. The molecule has 1 saturated heterocycles. The molecule has 1 fully saturated rings. The standard InChI is InChI=1S/C22H28Cl2N2O2/c1-22(2)15-25(13-20(27)16-7-3-5-9-18(16)23)11-12-26(22)14-21(28)17-8-4-6-10-19(17)24/h3-10,20-21,27-28H,11-15H2,1-2H3/t20-,21-/m0/s1. The van der Waals surface area contributed by atoms with Crippen LogP contribution < -0.4 is 0 Å². The molecular formula is C22H28Cl2N2O2. The quantitative estimate of drug-likeness (QED) is 0.733. The molecule has 0 bridgehead atoms. The van der Waals surface area contributed by atoms with E-state index in [0.29, 0.717) is 23.1 Å². The lowest BCUT2D eigenvalue weighted by atomic mass is 9.96. The second kappa shape index (κ2) is 9.12. The molecule has 2 atom stereocenters. The third-order valence-corrected chi connectivity index (χ3v) is 6.19. The molecule has 2 N–H and O–H groups in total. The van der Waals surface area contributed by atoms with Gasteiger partial charge in [-0.15, -0.1) is 0 Å². The summed E-state index contributed by atoms with van der Waals surface area (Å²) in [6, 6.07) is 14.9. The number of piperazine rings is 1. The minimum atomic E-state index is -0.631. The van der Waals surface area contributed by atoms with Crippen LogP contribution in [-0.4, -0.2) is 58.3 Å². The van der Waals surface area contributed by atoms with Crippen LogP contribution in [0.2, 0.25) is 10.0 Å². The molecule has 6 heteroatoms. The first kappa shape index (κ1) is 21.6. The molecule has 0 aromatic heterocycles. The summed E-state index contributed by atoms with van der Waals surface area (Å²) in [5.41, 5.74) is 1.39. The van der Waals surface area contributed by atoms with Crippen molar-refractivity contribution in [2.75, 3.05) is 32.7 Å². The first-order valence-corrected chi connectivity index (χ1v) is 10.4. The van der Waals surface area contributed by atoms with Crippen molar-refractivity contribution < 1.29 is 10.2 Å². The third kappa shape index (κ3) is 5.07. The summed E-state index contributed by atoms with van der Waals surface area (Å²) < 4.78 is 0. The van der Waals surface area contributed by atoms with E-state index in [4.69, 9.17) is 23.2 Å². The lowest BCUT2D eigenvalue weighted by Gasteiger charge is -2.48. The Hall–Kier alpha value is -1.14. The molecule has 0 unspecified atom stereocenters. The SMILES string of the molecule is CC1(C)CN(C[C@H](O)c2ccccc2Cl)CCN1C[C@H](O)c1ccccc1Cl. The van der Waals surface area contributed by atoms with Gasteiger partial charge in [0.15, 0.2) is 0 Å².